The molecule has 0 saturated heterocycles. The van der Waals surface area contributed by atoms with Gasteiger partial charge in [-0.15, -0.1) is 0 Å². The predicted molar refractivity (Wildman–Crippen MR) is 181 cm³/mol. The van der Waals surface area contributed by atoms with Gasteiger partial charge in [-0.2, -0.15) is 0 Å². The summed E-state index contributed by atoms with van der Waals surface area (Å²) in [6.07, 6.45) is 40.7. The maximum absolute atomic E-state index is 2.85. The van der Waals surface area contributed by atoms with Crippen molar-refractivity contribution < 1.29 is 0 Å². The fourth-order valence-electron chi connectivity index (χ4n) is 6.06. The molecule has 1 heteroatoms. The molecule has 0 rings (SSSR count). The summed E-state index contributed by atoms with van der Waals surface area (Å²) < 4.78 is 0. The van der Waals surface area contributed by atoms with Crippen molar-refractivity contribution in [3.63, 3.8) is 0 Å². The van der Waals surface area contributed by atoms with Crippen molar-refractivity contribution in [3.05, 3.63) is 0 Å². The minimum atomic E-state index is 0.885. The highest BCUT2D eigenvalue weighted by Crippen LogP contribution is 2.15. The molecule has 0 atom stereocenters. The van der Waals surface area contributed by atoms with Crippen LogP contribution in [0, 0.1) is 11.8 Å². The standard InChI is InChI=1S/C38H79N/c1-6-7-8-9-10-11-12-13-14-19-24-29-34-39(35-30-25-20-15-17-22-27-32-37(2)3)36-31-26-21-16-18-23-28-33-38(4)5/h37-38H,6-36H2,1-5H3. The van der Waals surface area contributed by atoms with Crippen LogP contribution in [0.1, 0.15) is 214 Å². The van der Waals surface area contributed by atoms with Gasteiger partial charge in [-0.25, -0.2) is 0 Å². The Labute approximate surface area is 250 Å². The van der Waals surface area contributed by atoms with Crippen molar-refractivity contribution in [3.8, 4) is 0 Å². The fourth-order valence-corrected chi connectivity index (χ4v) is 6.06. The Morgan fingerprint density at radius 2 is 0.538 bits per heavy atom. The summed E-state index contributed by atoms with van der Waals surface area (Å²) in [5, 5.41) is 0. The topological polar surface area (TPSA) is 3.24 Å². The third kappa shape index (κ3) is 34.1. The van der Waals surface area contributed by atoms with Gasteiger partial charge in [0.2, 0.25) is 0 Å². The van der Waals surface area contributed by atoms with Crippen LogP contribution < -0.4 is 0 Å². The van der Waals surface area contributed by atoms with Crippen LogP contribution in [0.15, 0.2) is 0 Å². The van der Waals surface area contributed by atoms with E-state index < -0.39 is 0 Å². The minimum absolute atomic E-state index is 0.885. The Morgan fingerprint density at radius 3 is 0.795 bits per heavy atom. The second kappa shape index (κ2) is 32.5. The van der Waals surface area contributed by atoms with Gasteiger partial charge in [0, 0.05) is 0 Å². The lowest BCUT2D eigenvalue weighted by atomic mass is 10.0. The van der Waals surface area contributed by atoms with Crippen molar-refractivity contribution in [1.82, 2.24) is 4.90 Å². The largest absolute Gasteiger partial charge is 0.303 e. The summed E-state index contributed by atoms with van der Waals surface area (Å²) in [5.41, 5.74) is 0. The summed E-state index contributed by atoms with van der Waals surface area (Å²) >= 11 is 0. The summed E-state index contributed by atoms with van der Waals surface area (Å²) in [7, 11) is 0. The first-order chi connectivity index (χ1) is 19.1. The van der Waals surface area contributed by atoms with E-state index in [9.17, 15) is 0 Å². The van der Waals surface area contributed by atoms with Crippen molar-refractivity contribution in [2.24, 2.45) is 11.8 Å². The number of nitrogens with zero attached hydrogens (tertiary/aromatic N) is 1. The van der Waals surface area contributed by atoms with Crippen LogP contribution in [-0.2, 0) is 0 Å². The molecule has 0 bridgehead atoms. The SMILES string of the molecule is CCCCCCCCCCCCCCN(CCCCCCCCCC(C)C)CCCCCCCCCC(C)C. The molecule has 236 valence electrons. The van der Waals surface area contributed by atoms with E-state index in [1.807, 2.05) is 0 Å². The van der Waals surface area contributed by atoms with E-state index in [-0.39, 0.29) is 0 Å². The van der Waals surface area contributed by atoms with Crippen LogP contribution in [0.4, 0.5) is 0 Å². The highest BCUT2D eigenvalue weighted by molar-refractivity contribution is 4.61. The lowest BCUT2D eigenvalue weighted by Crippen LogP contribution is -2.27. The molecule has 0 aromatic carbocycles. The van der Waals surface area contributed by atoms with Gasteiger partial charge in [0.1, 0.15) is 0 Å². The van der Waals surface area contributed by atoms with E-state index in [1.165, 1.54) is 199 Å². The molecule has 0 aliphatic heterocycles. The maximum atomic E-state index is 2.85. The molecule has 0 aliphatic carbocycles. The first kappa shape index (κ1) is 39.0. The van der Waals surface area contributed by atoms with Gasteiger partial charge >= 0.3 is 0 Å². The smallest absolute Gasteiger partial charge is 0.00187 e. The minimum Gasteiger partial charge on any atom is -0.303 e. The summed E-state index contributed by atoms with van der Waals surface area (Å²) in [4.78, 5) is 2.85. The van der Waals surface area contributed by atoms with E-state index in [2.05, 4.69) is 39.5 Å². The van der Waals surface area contributed by atoms with E-state index in [4.69, 9.17) is 0 Å². The Kier molecular flexibility index (Phi) is 32.4. The number of hydrogen-bond acceptors (Lipinski definition) is 1. The van der Waals surface area contributed by atoms with Crippen molar-refractivity contribution in [2.75, 3.05) is 19.6 Å². The molecule has 0 aromatic rings. The third-order valence-electron chi connectivity index (χ3n) is 8.84. The summed E-state index contributed by atoms with van der Waals surface area (Å²) in [6, 6.07) is 0. The van der Waals surface area contributed by atoms with E-state index in [0.29, 0.717) is 0 Å². The summed E-state index contributed by atoms with van der Waals surface area (Å²) in [5.74, 6) is 1.77. The Bertz CT molecular complexity index is 402. The quantitative estimate of drug-likeness (QED) is 0.0736. The molecule has 0 radical (unpaired) electrons. The lowest BCUT2D eigenvalue weighted by Gasteiger charge is -2.22. The van der Waals surface area contributed by atoms with Gasteiger partial charge in [0.25, 0.3) is 0 Å². The molecule has 0 spiro atoms. The Balaban J connectivity index is 3.90. The molecule has 0 fully saturated rings. The molecule has 0 amide bonds. The number of hydrogen-bond donors (Lipinski definition) is 0. The average molecular weight is 550 g/mol. The molecule has 0 N–H and O–H groups in total. The highest BCUT2D eigenvalue weighted by atomic mass is 15.1. The van der Waals surface area contributed by atoms with Crippen LogP contribution >= 0.6 is 0 Å². The zero-order valence-electron chi connectivity index (χ0n) is 28.5. The number of rotatable bonds is 33. The molecule has 1 nitrogen and oxygen atoms in total. The fraction of sp³-hybridized carbons (Fsp3) is 1.00. The zero-order valence-corrected chi connectivity index (χ0v) is 28.5. The van der Waals surface area contributed by atoms with Crippen LogP contribution in [-0.4, -0.2) is 24.5 Å². The molecule has 0 heterocycles. The molecule has 0 unspecified atom stereocenters. The van der Waals surface area contributed by atoms with E-state index in [0.717, 1.165) is 11.8 Å². The first-order valence-corrected chi connectivity index (χ1v) is 18.8. The zero-order chi connectivity index (χ0) is 28.7. The monoisotopic (exact) mass is 550 g/mol. The van der Waals surface area contributed by atoms with Gasteiger partial charge < -0.3 is 4.90 Å². The van der Waals surface area contributed by atoms with Crippen molar-refractivity contribution in [1.29, 1.82) is 0 Å². The Hall–Kier alpha value is -0.0400. The van der Waals surface area contributed by atoms with Gasteiger partial charge in [0.15, 0.2) is 0 Å². The highest BCUT2D eigenvalue weighted by Gasteiger charge is 2.05. The average Bonchev–Trinajstić information content (AvgIpc) is 2.90. The molecule has 0 aromatic heterocycles. The van der Waals surface area contributed by atoms with Crippen LogP contribution in [0.3, 0.4) is 0 Å². The molecule has 0 aliphatic rings. The van der Waals surface area contributed by atoms with Gasteiger partial charge in [0.05, 0.1) is 0 Å². The predicted octanol–water partition coefficient (Wildman–Crippen LogP) is 13.5. The lowest BCUT2D eigenvalue weighted by molar-refractivity contribution is 0.254. The molecular weight excluding hydrogens is 470 g/mol. The van der Waals surface area contributed by atoms with Crippen LogP contribution in [0.2, 0.25) is 0 Å². The second-order valence-corrected chi connectivity index (χ2v) is 14.0. The molecule has 0 saturated carbocycles. The molecule has 39 heavy (non-hydrogen) atoms. The first-order valence-electron chi connectivity index (χ1n) is 18.8. The third-order valence-corrected chi connectivity index (χ3v) is 8.84. The van der Waals surface area contributed by atoms with Crippen molar-refractivity contribution >= 4 is 0 Å². The molecular formula is C38H79N. The normalized spacial score (nSPS) is 12.0. The van der Waals surface area contributed by atoms with E-state index in [1.54, 1.807) is 0 Å². The van der Waals surface area contributed by atoms with Crippen LogP contribution in [0.25, 0.3) is 0 Å². The Morgan fingerprint density at radius 1 is 0.308 bits per heavy atom. The van der Waals surface area contributed by atoms with Gasteiger partial charge in [-0.05, 0) is 50.7 Å². The second-order valence-electron chi connectivity index (χ2n) is 14.0. The van der Waals surface area contributed by atoms with Gasteiger partial charge in [-0.3, -0.25) is 0 Å². The van der Waals surface area contributed by atoms with E-state index >= 15 is 0 Å². The number of unbranched alkanes of at least 4 members (excludes halogenated alkanes) is 23. The van der Waals surface area contributed by atoms with Crippen LogP contribution in [0.5, 0.6) is 0 Å². The maximum Gasteiger partial charge on any atom is -0.00187 e. The van der Waals surface area contributed by atoms with Crippen molar-refractivity contribution in [2.45, 2.75) is 214 Å². The summed E-state index contributed by atoms with van der Waals surface area (Å²) in [6.45, 7) is 15.8. The van der Waals surface area contributed by atoms with Gasteiger partial charge in [-0.1, -0.05) is 195 Å².